The number of para-hydroxylation sites is 2. The van der Waals surface area contributed by atoms with Crippen LogP contribution in [-0.4, -0.2) is 30.9 Å². The summed E-state index contributed by atoms with van der Waals surface area (Å²) in [4.78, 5) is 33.0. The van der Waals surface area contributed by atoms with Crippen molar-refractivity contribution in [1.82, 2.24) is 14.5 Å². The Labute approximate surface area is 165 Å². The molecule has 2 heterocycles. The molecule has 0 saturated heterocycles. The number of nitrogens with zero attached hydrogens (tertiary/aromatic N) is 2. The maximum absolute atomic E-state index is 13.4. The lowest BCUT2D eigenvalue weighted by atomic mass is 10.2. The smallest absolute Gasteiger partial charge is 0.317 e. The average Bonchev–Trinajstić information content (AvgIpc) is 3.06. The number of hydrogen-bond acceptors (Lipinski definition) is 4. The number of hydrogen-bond donors (Lipinski definition) is 2. The molecule has 2 aromatic carbocycles. The van der Waals surface area contributed by atoms with Gasteiger partial charge in [-0.15, -0.1) is 0 Å². The first-order chi connectivity index (χ1) is 13.5. The number of carboxylic acid groups (broad SMARTS) is 1. The van der Waals surface area contributed by atoms with Crippen molar-refractivity contribution >= 4 is 39.7 Å². The molecule has 0 aliphatic heterocycles. The molecule has 0 aliphatic rings. The highest BCUT2D eigenvalue weighted by Gasteiger charge is 2.23. The van der Waals surface area contributed by atoms with E-state index in [1.54, 1.807) is 0 Å². The normalized spacial score (nSPS) is 12.5. The molecule has 0 radical (unpaired) electrons. The third kappa shape index (κ3) is 2.97. The summed E-state index contributed by atoms with van der Waals surface area (Å²) in [5.41, 5.74) is 3.17. The zero-order valence-electron chi connectivity index (χ0n) is 15.5. The Bertz CT molecular complexity index is 1260. The molecule has 0 amide bonds. The summed E-state index contributed by atoms with van der Waals surface area (Å²) in [7, 11) is 0. The SMILES string of the molecule is CC[C@@H](Sc1nc2c([nH]c3ccccc32)c(=O)n1-c1ccccc1C)C(=O)O. The van der Waals surface area contributed by atoms with E-state index < -0.39 is 11.2 Å². The third-order valence-corrected chi connectivity index (χ3v) is 6.05. The number of rotatable bonds is 5. The Balaban J connectivity index is 2.07. The van der Waals surface area contributed by atoms with Gasteiger partial charge in [-0.3, -0.25) is 14.2 Å². The molecule has 0 saturated carbocycles. The maximum atomic E-state index is 13.4. The lowest BCUT2D eigenvalue weighted by Gasteiger charge is -2.16. The monoisotopic (exact) mass is 393 g/mol. The lowest BCUT2D eigenvalue weighted by Crippen LogP contribution is -2.24. The summed E-state index contributed by atoms with van der Waals surface area (Å²) in [5.74, 6) is -0.919. The van der Waals surface area contributed by atoms with Crippen molar-refractivity contribution in [1.29, 1.82) is 0 Å². The highest BCUT2D eigenvalue weighted by atomic mass is 32.2. The minimum absolute atomic E-state index is 0.238. The van der Waals surface area contributed by atoms with Crippen molar-refractivity contribution in [2.24, 2.45) is 0 Å². The van der Waals surface area contributed by atoms with E-state index in [0.717, 1.165) is 28.2 Å². The fourth-order valence-electron chi connectivity index (χ4n) is 3.28. The number of aryl methyl sites for hydroxylation is 1. The van der Waals surface area contributed by atoms with E-state index in [9.17, 15) is 14.7 Å². The van der Waals surface area contributed by atoms with Crippen LogP contribution >= 0.6 is 11.8 Å². The number of aromatic amines is 1. The number of carbonyl (C=O) groups is 1. The zero-order chi connectivity index (χ0) is 19.8. The number of thioether (sulfide) groups is 1. The Morgan fingerprint density at radius 2 is 1.93 bits per heavy atom. The predicted molar refractivity (Wildman–Crippen MR) is 112 cm³/mol. The summed E-state index contributed by atoms with van der Waals surface area (Å²) in [6.07, 6.45) is 0.426. The first kappa shape index (κ1) is 18.3. The second kappa shape index (κ2) is 7.16. The van der Waals surface area contributed by atoms with Gasteiger partial charge in [-0.05, 0) is 31.0 Å². The molecule has 7 heteroatoms. The van der Waals surface area contributed by atoms with E-state index in [1.165, 1.54) is 4.57 Å². The first-order valence-electron chi connectivity index (χ1n) is 9.00. The van der Waals surface area contributed by atoms with Crippen LogP contribution in [0.3, 0.4) is 0 Å². The number of benzene rings is 2. The molecular formula is C21H19N3O3S. The average molecular weight is 393 g/mol. The Kier molecular flexibility index (Phi) is 4.68. The van der Waals surface area contributed by atoms with Gasteiger partial charge in [-0.1, -0.05) is 55.1 Å². The summed E-state index contributed by atoms with van der Waals surface area (Å²) in [5, 5.41) is 10.1. The molecular weight excluding hydrogens is 374 g/mol. The number of nitrogens with one attached hydrogen (secondary N) is 1. The number of aromatic nitrogens is 3. The molecule has 2 N–H and O–H groups in total. The third-order valence-electron chi connectivity index (χ3n) is 4.74. The molecule has 0 fully saturated rings. The van der Waals surface area contributed by atoms with Crippen LogP contribution in [0.25, 0.3) is 27.6 Å². The Morgan fingerprint density at radius 1 is 1.21 bits per heavy atom. The van der Waals surface area contributed by atoms with Crippen LogP contribution in [-0.2, 0) is 4.79 Å². The van der Waals surface area contributed by atoms with Crippen molar-refractivity contribution in [3.63, 3.8) is 0 Å². The molecule has 0 bridgehead atoms. The van der Waals surface area contributed by atoms with E-state index in [0.29, 0.717) is 28.3 Å². The van der Waals surface area contributed by atoms with E-state index in [1.807, 2.05) is 62.4 Å². The quantitative estimate of drug-likeness (QED) is 0.393. The van der Waals surface area contributed by atoms with Gasteiger partial charge in [0.2, 0.25) is 0 Å². The molecule has 28 heavy (non-hydrogen) atoms. The van der Waals surface area contributed by atoms with Gasteiger partial charge in [0.05, 0.1) is 5.69 Å². The summed E-state index contributed by atoms with van der Waals surface area (Å²) in [6.45, 7) is 3.73. The maximum Gasteiger partial charge on any atom is 0.317 e. The van der Waals surface area contributed by atoms with E-state index in [-0.39, 0.29) is 5.56 Å². The highest BCUT2D eigenvalue weighted by molar-refractivity contribution is 8.00. The van der Waals surface area contributed by atoms with Crippen LogP contribution in [0.5, 0.6) is 0 Å². The van der Waals surface area contributed by atoms with Crippen molar-refractivity contribution in [3.05, 3.63) is 64.4 Å². The van der Waals surface area contributed by atoms with Crippen molar-refractivity contribution in [2.45, 2.75) is 30.7 Å². The van der Waals surface area contributed by atoms with Crippen LogP contribution in [0.1, 0.15) is 18.9 Å². The van der Waals surface area contributed by atoms with Gasteiger partial charge in [-0.2, -0.15) is 0 Å². The number of carboxylic acids is 1. The van der Waals surface area contributed by atoms with Gasteiger partial charge < -0.3 is 10.1 Å². The molecule has 6 nitrogen and oxygen atoms in total. The molecule has 4 aromatic rings. The molecule has 2 aromatic heterocycles. The number of H-pyrrole nitrogens is 1. The van der Waals surface area contributed by atoms with Crippen LogP contribution in [0.4, 0.5) is 0 Å². The zero-order valence-corrected chi connectivity index (χ0v) is 16.3. The van der Waals surface area contributed by atoms with Crippen molar-refractivity contribution < 1.29 is 9.90 Å². The second-order valence-corrected chi connectivity index (χ2v) is 7.74. The molecule has 4 rings (SSSR count). The van der Waals surface area contributed by atoms with Gasteiger partial charge in [0.1, 0.15) is 16.3 Å². The van der Waals surface area contributed by atoms with Crippen LogP contribution in [0, 0.1) is 6.92 Å². The predicted octanol–water partition coefficient (Wildman–Crippen LogP) is 4.13. The lowest BCUT2D eigenvalue weighted by molar-refractivity contribution is -0.136. The topological polar surface area (TPSA) is 88.0 Å². The van der Waals surface area contributed by atoms with Crippen LogP contribution in [0.2, 0.25) is 0 Å². The van der Waals surface area contributed by atoms with Gasteiger partial charge in [0.25, 0.3) is 5.56 Å². The van der Waals surface area contributed by atoms with Crippen molar-refractivity contribution in [2.75, 3.05) is 0 Å². The van der Waals surface area contributed by atoms with E-state index in [4.69, 9.17) is 4.98 Å². The van der Waals surface area contributed by atoms with E-state index >= 15 is 0 Å². The van der Waals surface area contributed by atoms with Gasteiger partial charge >= 0.3 is 5.97 Å². The Morgan fingerprint density at radius 3 is 2.64 bits per heavy atom. The Hall–Kier alpha value is -3.06. The minimum Gasteiger partial charge on any atom is -0.480 e. The summed E-state index contributed by atoms with van der Waals surface area (Å²) < 4.78 is 1.52. The minimum atomic E-state index is -0.919. The second-order valence-electron chi connectivity index (χ2n) is 6.57. The standard InChI is InChI=1S/C21H19N3O3S/c1-3-16(20(26)27)28-21-23-17-13-9-5-6-10-14(13)22-18(17)19(25)24(21)15-11-7-4-8-12(15)2/h4-11,16,22H,3H2,1-2H3,(H,26,27)/t16-/m1/s1. The summed E-state index contributed by atoms with van der Waals surface area (Å²) >= 11 is 1.11. The molecule has 0 spiro atoms. The molecule has 142 valence electrons. The largest absolute Gasteiger partial charge is 0.480 e. The fraction of sp³-hybridized carbons (Fsp3) is 0.190. The fourth-order valence-corrected chi connectivity index (χ4v) is 4.24. The highest BCUT2D eigenvalue weighted by Crippen LogP contribution is 2.30. The number of fused-ring (bicyclic) bond motifs is 3. The van der Waals surface area contributed by atoms with Crippen LogP contribution in [0.15, 0.2) is 58.5 Å². The van der Waals surface area contributed by atoms with Gasteiger partial charge in [0.15, 0.2) is 5.16 Å². The van der Waals surface area contributed by atoms with Crippen LogP contribution < -0.4 is 5.56 Å². The molecule has 0 aliphatic carbocycles. The summed E-state index contributed by atoms with van der Waals surface area (Å²) in [6, 6.07) is 15.1. The van der Waals surface area contributed by atoms with Gasteiger partial charge in [0, 0.05) is 10.9 Å². The van der Waals surface area contributed by atoms with Crippen molar-refractivity contribution in [3.8, 4) is 5.69 Å². The van der Waals surface area contributed by atoms with Gasteiger partial charge in [-0.25, -0.2) is 4.98 Å². The molecule has 0 unspecified atom stereocenters. The number of aliphatic carboxylic acids is 1. The molecule has 1 atom stereocenters. The first-order valence-corrected chi connectivity index (χ1v) is 9.88. The van der Waals surface area contributed by atoms with E-state index in [2.05, 4.69) is 4.98 Å².